The molecule has 0 heterocycles. The van der Waals surface area contributed by atoms with Gasteiger partial charge in [-0.05, 0) is 24.5 Å². The monoisotopic (exact) mass is 353 g/mol. The van der Waals surface area contributed by atoms with Crippen molar-refractivity contribution < 1.29 is 18.3 Å². The van der Waals surface area contributed by atoms with Crippen molar-refractivity contribution in [2.24, 2.45) is 11.8 Å². The first kappa shape index (κ1) is 20.6. The molecule has 0 radical (unpaired) electrons. The number of carbonyl (C=O) groups is 1. The summed E-state index contributed by atoms with van der Waals surface area (Å²) in [7, 11) is 1.30. The largest absolute Gasteiger partial charge is 0.453 e. The first-order valence-electron chi connectivity index (χ1n) is 7.87. The second-order valence-corrected chi connectivity index (χ2v) is 5.72. The number of nitrogens with zero attached hydrogens (tertiary/aromatic N) is 1. The molecule has 1 aromatic carbocycles. The van der Waals surface area contributed by atoms with Crippen LogP contribution in [-0.4, -0.2) is 31.2 Å². The molecule has 0 aliphatic heterocycles. The number of nitrogens with one attached hydrogen (secondary N) is 1. The van der Waals surface area contributed by atoms with Crippen LogP contribution in [0, 0.1) is 5.92 Å². The molecule has 1 amide bonds. The lowest BCUT2D eigenvalue weighted by atomic mass is 10.0. The summed E-state index contributed by atoms with van der Waals surface area (Å²) in [4.78, 5) is 11.0. The van der Waals surface area contributed by atoms with Crippen LogP contribution >= 0.6 is 0 Å². The third-order valence-corrected chi connectivity index (χ3v) is 3.61. The minimum absolute atomic E-state index is 0.436. The van der Waals surface area contributed by atoms with Gasteiger partial charge in [-0.25, -0.2) is 19.4 Å². The number of nitrogens with two attached hydrogens (primary N) is 1. The van der Waals surface area contributed by atoms with Crippen molar-refractivity contribution in [2.45, 2.75) is 26.7 Å². The van der Waals surface area contributed by atoms with Crippen LogP contribution in [0.4, 0.5) is 13.6 Å². The highest BCUT2D eigenvalue weighted by molar-refractivity contribution is 5.67. The summed E-state index contributed by atoms with van der Waals surface area (Å²) in [5.74, 6) is 5.03. The Morgan fingerprint density at radius 1 is 1.40 bits per heavy atom. The number of alkyl carbamates (subject to hydrolysis) is 1. The van der Waals surface area contributed by atoms with E-state index in [1.54, 1.807) is 19.1 Å². The molecule has 0 saturated heterocycles. The maximum atomic E-state index is 12.9. The van der Waals surface area contributed by atoms with E-state index >= 15 is 0 Å². The van der Waals surface area contributed by atoms with Crippen LogP contribution in [0.1, 0.15) is 25.0 Å². The lowest BCUT2D eigenvalue weighted by Crippen LogP contribution is -2.28. The second-order valence-electron chi connectivity index (χ2n) is 5.72. The van der Waals surface area contributed by atoms with Crippen molar-refractivity contribution in [1.82, 2.24) is 10.3 Å². The number of methoxy groups -OCH3 is 1. The molecule has 1 atom stereocenters. The Kier molecular flexibility index (Phi) is 8.07. The zero-order valence-electron chi connectivity index (χ0n) is 14.8. The number of ether oxygens (including phenoxy) is 1. The molecule has 1 aromatic rings. The Bertz CT molecular complexity index is 615. The fourth-order valence-corrected chi connectivity index (χ4v) is 2.07. The van der Waals surface area contributed by atoms with Crippen LogP contribution in [0.5, 0.6) is 0 Å². The molecule has 1 unspecified atom stereocenters. The number of hydrogen-bond donors (Lipinski definition) is 2. The summed E-state index contributed by atoms with van der Waals surface area (Å²) >= 11 is 0. The van der Waals surface area contributed by atoms with E-state index < -0.39 is 18.4 Å². The number of hydrogen-bond acceptors (Lipinski definition) is 4. The van der Waals surface area contributed by atoms with Crippen LogP contribution < -0.4 is 11.2 Å². The quantitative estimate of drug-likeness (QED) is 0.554. The minimum Gasteiger partial charge on any atom is -0.453 e. The lowest BCUT2D eigenvalue weighted by molar-refractivity contribution is 0.108. The Morgan fingerprint density at radius 2 is 2.00 bits per heavy atom. The van der Waals surface area contributed by atoms with Crippen LogP contribution in [0.25, 0.3) is 5.70 Å². The maximum absolute atomic E-state index is 12.9. The summed E-state index contributed by atoms with van der Waals surface area (Å²) in [5, 5.41) is 3.89. The minimum atomic E-state index is -2.47. The Balaban J connectivity index is 2.93. The third kappa shape index (κ3) is 6.54. The van der Waals surface area contributed by atoms with Crippen LogP contribution in [-0.2, 0) is 11.2 Å². The molecule has 3 N–H and O–H groups in total. The number of alkyl halides is 2. The van der Waals surface area contributed by atoms with Crippen molar-refractivity contribution in [1.29, 1.82) is 0 Å². The maximum Gasteiger partial charge on any atom is 0.406 e. The summed E-state index contributed by atoms with van der Waals surface area (Å²) in [6.45, 7) is 7.33. The highest BCUT2D eigenvalue weighted by Crippen LogP contribution is 2.24. The first-order valence-corrected chi connectivity index (χ1v) is 7.87. The van der Waals surface area contributed by atoms with Gasteiger partial charge in [0, 0.05) is 18.2 Å². The molecule has 0 aliphatic carbocycles. The van der Waals surface area contributed by atoms with E-state index in [2.05, 4.69) is 16.6 Å². The molecule has 138 valence electrons. The lowest BCUT2D eigenvalue weighted by Gasteiger charge is -2.24. The molecular weight excluding hydrogens is 328 g/mol. The number of halogens is 2. The van der Waals surface area contributed by atoms with E-state index in [1.165, 1.54) is 25.1 Å². The van der Waals surface area contributed by atoms with E-state index in [4.69, 9.17) is 5.84 Å². The van der Waals surface area contributed by atoms with Gasteiger partial charge in [0.2, 0.25) is 6.43 Å². The van der Waals surface area contributed by atoms with Gasteiger partial charge in [0.1, 0.15) is 0 Å². The van der Waals surface area contributed by atoms with Crippen LogP contribution in [0.15, 0.2) is 42.6 Å². The SMILES string of the molecule is C=C(C)N(N)/C(=C\C(C)C(F)F)c1ccc(CCNC(=O)OC)cc1. The van der Waals surface area contributed by atoms with Crippen molar-refractivity contribution in [2.75, 3.05) is 13.7 Å². The van der Waals surface area contributed by atoms with E-state index in [1.807, 2.05) is 12.1 Å². The molecular formula is C18H25F2N3O2. The number of hydrazine groups is 1. The topological polar surface area (TPSA) is 67.6 Å². The highest BCUT2D eigenvalue weighted by atomic mass is 19.3. The first-order chi connectivity index (χ1) is 11.8. The molecule has 0 bridgehead atoms. The number of rotatable bonds is 8. The second kappa shape index (κ2) is 9.78. The molecule has 25 heavy (non-hydrogen) atoms. The zero-order valence-corrected chi connectivity index (χ0v) is 14.8. The molecule has 0 saturated carbocycles. The van der Waals surface area contributed by atoms with E-state index in [0.717, 1.165) is 5.56 Å². The van der Waals surface area contributed by atoms with E-state index in [9.17, 15) is 13.6 Å². The number of amides is 1. The number of benzene rings is 1. The summed E-state index contributed by atoms with van der Waals surface area (Å²) in [6, 6.07) is 7.34. The number of carbonyl (C=O) groups excluding carboxylic acids is 1. The smallest absolute Gasteiger partial charge is 0.406 e. The van der Waals surface area contributed by atoms with Crippen molar-refractivity contribution in [3.05, 3.63) is 53.7 Å². The molecule has 0 aliphatic rings. The molecule has 7 heteroatoms. The average Bonchev–Trinajstić information content (AvgIpc) is 2.59. The summed E-state index contributed by atoms with van der Waals surface area (Å²) < 4.78 is 30.3. The van der Waals surface area contributed by atoms with E-state index in [-0.39, 0.29) is 0 Å². The predicted octanol–water partition coefficient (Wildman–Crippen LogP) is 3.54. The van der Waals surface area contributed by atoms with Crippen molar-refractivity contribution >= 4 is 11.8 Å². The Labute approximate surface area is 147 Å². The van der Waals surface area contributed by atoms with Crippen molar-refractivity contribution in [3.8, 4) is 0 Å². The number of allylic oxidation sites excluding steroid dienone is 2. The van der Waals surface area contributed by atoms with Crippen molar-refractivity contribution in [3.63, 3.8) is 0 Å². The molecule has 0 aromatic heterocycles. The zero-order chi connectivity index (χ0) is 19.0. The van der Waals surface area contributed by atoms with Gasteiger partial charge in [-0.2, -0.15) is 0 Å². The highest BCUT2D eigenvalue weighted by Gasteiger charge is 2.17. The third-order valence-electron chi connectivity index (χ3n) is 3.61. The fraction of sp³-hybridized carbons (Fsp3) is 0.389. The Morgan fingerprint density at radius 3 is 2.48 bits per heavy atom. The van der Waals surface area contributed by atoms with Gasteiger partial charge in [-0.15, -0.1) is 0 Å². The van der Waals surface area contributed by atoms with Gasteiger partial charge in [-0.3, -0.25) is 5.01 Å². The summed E-state index contributed by atoms with van der Waals surface area (Å²) in [5.41, 5.74) is 2.71. The average molecular weight is 353 g/mol. The van der Waals surface area contributed by atoms with Gasteiger partial charge in [0.15, 0.2) is 0 Å². The van der Waals surface area contributed by atoms with E-state index in [0.29, 0.717) is 29.9 Å². The summed E-state index contributed by atoms with van der Waals surface area (Å²) in [6.07, 6.45) is -0.901. The molecule has 1 rings (SSSR count). The van der Waals surface area contributed by atoms with Gasteiger partial charge in [0.25, 0.3) is 0 Å². The normalized spacial score (nSPS) is 12.7. The molecule has 0 spiro atoms. The predicted molar refractivity (Wildman–Crippen MR) is 94.5 cm³/mol. The standard InChI is InChI=1S/C18H25F2N3O2/c1-12(2)23(21)16(11-13(3)17(19)20)15-7-5-14(6-8-15)9-10-22-18(24)25-4/h5-8,11,13,17H,1,9-10,21H2,2-4H3,(H,22,24)/b16-11-. The van der Waals surface area contributed by atoms with Crippen LogP contribution in [0.2, 0.25) is 0 Å². The van der Waals surface area contributed by atoms with Gasteiger partial charge < -0.3 is 10.1 Å². The van der Waals surface area contributed by atoms with Gasteiger partial charge in [0.05, 0.1) is 12.8 Å². The molecule has 5 nitrogen and oxygen atoms in total. The fourth-order valence-electron chi connectivity index (χ4n) is 2.07. The molecule has 0 fully saturated rings. The van der Waals surface area contributed by atoms with Gasteiger partial charge >= 0.3 is 6.09 Å². The van der Waals surface area contributed by atoms with Crippen LogP contribution in [0.3, 0.4) is 0 Å². The Hall–Kier alpha value is -2.41. The van der Waals surface area contributed by atoms with Gasteiger partial charge in [-0.1, -0.05) is 43.8 Å².